The molecule has 29 heavy (non-hydrogen) atoms. The third kappa shape index (κ3) is 7.42. The zero-order valence-corrected chi connectivity index (χ0v) is 20.0. The molecule has 160 valence electrons. The van der Waals surface area contributed by atoms with Crippen LogP contribution in [0.1, 0.15) is 31.2 Å². The van der Waals surface area contributed by atoms with Crippen LogP contribution in [0.25, 0.3) is 0 Å². The molecular weight excluding hydrogens is 479 g/mol. The van der Waals surface area contributed by atoms with E-state index >= 15 is 0 Å². The minimum absolute atomic E-state index is 0. The number of hydrogen-bond donors (Lipinski definition) is 2. The first-order chi connectivity index (χ1) is 13.5. The van der Waals surface area contributed by atoms with Crippen LogP contribution in [0.4, 0.5) is 0 Å². The van der Waals surface area contributed by atoms with E-state index in [0.29, 0.717) is 6.54 Å². The molecule has 1 aliphatic rings. The van der Waals surface area contributed by atoms with Crippen molar-refractivity contribution in [3.8, 4) is 18.1 Å². The normalized spacial score (nSPS) is 15.0. The van der Waals surface area contributed by atoms with Crippen LogP contribution < -0.4 is 15.4 Å². The smallest absolute Gasteiger partial charge is 0.230 e. The predicted molar refractivity (Wildman–Crippen MR) is 129 cm³/mol. The monoisotopic (exact) mass is 512 g/mol. The minimum Gasteiger partial charge on any atom is -0.481 e. The molecule has 1 saturated carbocycles. The van der Waals surface area contributed by atoms with Crippen molar-refractivity contribution in [1.82, 2.24) is 15.5 Å². The quantitative estimate of drug-likeness (QED) is 0.243. The molecule has 0 spiro atoms. The number of aliphatic imine (C=N–C) groups is 1. The highest BCUT2D eigenvalue weighted by atomic mass is 127. The lowest BCUT2D eigenvalue weighted by atomic mass is 9.84. The van der Waals surface area contributed by atoms with Crippen molar-refractivity contribution < 1.29 is 9.53 Å². The van der Waals surface area contributed by atoms with Gasteiger partial charge in [-0.3, -0.25) is 9.79 Å². The number of amides is 1. The number of carbonyl (C=O) groups is 1. The van der Waals surface area contributed by atoms with E-state index < -0.39 is 0 Å². The number of carbonyl (C=O) groups excluding carboxylic acids is 1. The number of nitrogens with one attached hydrogen (secondary N) is 2. The van der Waals surface area contributed by atoms with Crippen molar-refractivity contribution in [2.75, 3.05) is 40.8 Å². The van der Waals surface area contributed by atoms with Gasteiger partial charge in [0.2, 0.25) is 5.91 Å². The maximum absolute atomic E-state index is 12.7. The Balaban J connectivity index is 0.00000420. The number of benzene rings is 1. The number of nitrogens with zero attached hydrogens (tertiary/aromatic N) is 2. The van der Waals surface area contributed by atoms with Gasteiger partial charge in [0.25, 0.3) is 0 Å². The maximum Gasteiger partial charge on any atom is 0.230 e. The summed E-state index contributed by atoms with van der Waals surface area (Å²) in [6.45, 7) is 1.64. The fourth-order valence-corrected chi connectivity index (χ4v) is 3.67. The SMILES string of the molecule is C#CCOc1ccc(CCNC(=NC)NCC2(C(=O)N(C)C)CCCC2)cc1.I. The summed E-state index contributed by atoms with van der Waals surface area (Å²) in [4.78, 5) is 18.7. The van der Waals surface area contributed by atoms with E-state index in [1.165, 1.54) is 5.56 Å². The molecule has 7 heteroatoms. The second kappa shape index (κ2) is 12.6. The van der Waals surface area contributed by atoms with Crippen LogP contribution in [-0.4, -0.2) is 57.6 Å². The first-order valence-corrected chi connectivity index (χ1v) is 9.82. The number of terminal acetylenes is 1. The highest BCUT2D eigenvalue weighted by Gasteiger charge is 2.42. The standard InChI is InChI=1S/C22H32N4O2.HI/c1-5-16-28-19-10-8-18(9-11-19)12-15-24-21(23-2)25-17-22(13-6-7-14-22)20(27)26(3)4;/h1,8-11H,6-7,12-17H2,2-4H3,(H2,23,24,25);1H. The van der Waals surface area contributed by atoms with Crippen LogP contribution in [0.15, 0.2) is 29.3 Å². The average Bonchev–Trinajstić information content (AvgIpc) is 3.19. The zero-order chi connectivity index (χ0) is 20.4. The lowest BCUT2D eigenvalue weighted by Crippen LogP contribution is -2.49. The van der Waals surface area contributed by atoms with Crippen molar-refractivity contribution in [3.63, 3.8) is 0 Å². The number of guanidine groups is 1. The summed E-state index contributed by atoms with van der Waals surface area (Å²) in [7, 11) is 5.42. The molecule has 1 aromatic carbocycles. The zero-order valence-electron chi connectivity index (χ0n) is 17.7. The number of ether oxygens (including phenoxy) is 1. The van der Waals surface area contributed by atoms with Crippen molar-refractivity contribution in [2.24, 2.45) is 10.4 Å². The van der Waals surface area contributed by atoms with Gasteiger partial charge in [-0.25, -0.2) is 0 Å². The van der Waals surface area contributed by atoms with Crippen LogP contribution >= 0.6 is 24.0 Å². The van der Waals surface area contributed by atoms with Crippen molar-refractivity contribution in [2.45, 2.75) is 32.1 Å². The van der Waals surface area contributed by atoms with E-state index in [1.54, 1.807) is 11.9 Å². The van der Waals surface area contributed by atoms with E-state index in [0.717, 1.165) is 50.4 Å². The molecule has 6 nitrogen and oxygen atoms in total. The summed E-state index contributed by atoms with van der Waals surface area (Å²) in [5.74, 6) is 4.17. The van der Waals surface area contributed by atoms with Gasteiger partial charge in [0.15, 0.2) is 5.96 Å². The molecule has 1 amide bonds. The van der Waals surface area contributed by atoms with Gasteiger partial charge < -0.3 is 20.3 Å². The molecule has 0 aliphatic heterocycles. The first-order valence-electron chi connectivity index (χ1n) is 9.82. The van der Waals surface area contributed by atoms with E-state index in [1.807, 2.05) is 38.4 Å². The van der Waals surface area contributed by atoms with Crippen LogP contribution in [0, 0.1) is 17.8 Å². The number of rotatable bonds is 8. The molecule has 0 unspecified atom stereocenters. The minimum atomic E-state index is -0.310. The van der Waals surface area contributed by atoms with Gasteiger partial charge in [0.1, 0.15) is 12.4 Å². The molecule has 1 aromatic rings. The van der Waals surface area contributed by atoms with Crippen LogP contribution in [0.2, 0.25) is 0 Å². The topological polar surface area (TPSA) is 66.0 Å². The number of halogens is 1. The summed E-state index contributed by atoms with van der Waals surface area (Å²) in [5, 5.41) is 6.69. The van der Waals surface area contributed by atoms with Gasteiger partial charge in [-0.15, -0.1) is 30.4 Å². The van der Waals surface area contributed by atoms with Gasteiger partial charge in [0, 0.05) is 34.2 Å². The molecule has 0 atom stereocenters. The Labute approximate surface area is 191 Å². The molecule has 2 rings (SSSR count). The largest absolute Gasteiger partial charge is 0.481 e. The Hall–Kier alpha value is -1.95. The molecule has 1 aliphatic carbocycles. The van der Waals surface area contributed by atoms with Crippen LogP contribution in [0.3, 0.4) is 0 Å². The predicted octanol–water partition coefficient (Wildman–Crippen LogP) is 2.67. The first kappa shape index (κ1) is 25.1. The summed E-state index contributed by atoms with van der Waals surface area (Å²) < 4.78 is 5.38. The summed E-state index contributed by atoms with van der Waals surface area (Å²) in [6, 6.07) is 7.92. The van der Waals surface area contributed by atoms with Crippen molar-refractivity contribution >= 4 is 35.8 Å². The lowest BCUT2D eigenvalue weighted by Gasteiger charge is -2.31. The third-order valence-electron chi connectivity index (χ3n) is 5.19. The fraction of sp³-hybridized carbons (Fsp3) is 0.545. The van der Waals surface area contributed by atoms with Gasteiger partial charge in [-0.1, -0.05) is 30.9 Å². The molecular formula is C22H33IN4O2. The number of hydrogen-bond acceptors (Lipinski definition) is 3. The molecule has 2 N–H and O–H groups in total. The van der Waals surface area contributed by atoms with E-state index in [2.05, 4.69) is 21.5 Å². The van der Waals surface area contributed by atoms with E-state index in [9.17, 15) is 4.79 Å². The highest BCUT2D eigenvalue weighted by molar-refractivity contribution is 14.0. The highest BCUT2D eigenvalue weighted by Crippen LogP contribution is 2.38. The lowest BCUT2D eigenvalue weighted by molar-refractivity contribution is -0.138. The summed E-state index contributed by atoms with van der Waals surface area (Å²) in [6.07, 6.45) is 10.1. The van der Waals surface area contributed by atoms with Crippen LogP contribution in [0.5, 0.6) is 5.75 Å². The third-order valence-corrected chi connectivity index (χ3v) is 5.19. The fourth-order valence-electron chi connectivity index (χ4n) is 3.67. The summed E-state index contributed by atoms with van der Waals surface area (Å²) >= 11 is 0. The van der Waals surface area contributed by atoms with Crippen LogP contribution in [-0.2, 0) is 11.2 Å². The van der Waals surface area contributed by atoms with Gasteiger partial charge in [-0.2, -0.15) is 0 Å². The van der Waals surface area contributed by atoms with E-state index in [4.69, 9.17) is 11.2 Å². The Bertz CT molecular complexity index is 705. The Kier molecular flexibility index (Phi) is 10.9. The van der Waals surface area contributed by atoms with E-state index in [-0.39, 0.29) is 41.9 Å². The molecule has 1 fully saturated rings. The van der Waals surface area contributed by atoms with Crippen molar-refractivity contribution in [3.05, 3.63) is 29.8 Å². The molecule has 0 radical (unpaired) electrons. The molecule has 0 aromatic heterocycles. The molecule has 0 heterocycles. The van der Waals surface area contributed by atoms with Gasteiger partial charge >= 0.3 is 0 Å². The molecule has 0 bridgehead atoms. The second-order valence-electron chi connectivity index (χ2n) is 7.43. The van der Waals surface area contributed by atoms with Crippen molar-refractivity contribution in [1.29, 1.82) is 0 Å². The van der Waals surface area contributed by atoms with Gasteiger partial charge in [-0.05, 0) is 37.0 Å². The Morgan fingerprint density at radius 3 is 2.45 bits per heavy atom. The molecule has 0 saturated heterocycles. The maximum atomic E-state index is 12.7. The second-order valence-corrected chi connectivity index (χ2v) is 7.43. The Morgan fingerprint density at radius 2 is 1.90 bits per heavy atom. The summed E-state index contributed by atoms with van der Waals surface area (Å²) in [5.41, 5.74) is 0.890. The average molecular weight is 512 g/mol. The Morgan fingerprint density at radius 1 is 1.24 bits per heavy atom. The van der Waals surface area contributed by atoms with Gasteiger partial charge in [0.05, 0.1) is 5.41 Å².